The van der Waals surface area contributed by atoms with Gasteiger partial charge in [-0.2, -0.15) is 0 Å². The quantitative estimate of drug-likeness (QED) is 0.655. The van der Waals surface area contributed by atoms with Crippen LogP contribution in [0.15, 0.2) is 41.9 Å². The molecule has 1 spiro atoms. The van der Waals surface area contributed by atoms with E-state index in [0.29, 0.717) is 19.3 Å². The molecule has 0 radical (unpaired) electrons. The molecule has 2 heterocycles. The van der Waals surface area contributed by atoms with Crippen LogP contribution in [0.4, 0.5) is 0 Å². The summed E-state index contributed by atoms with van der Waals surface area (Å²) < 4.78 is 4.92. The van der Waals surface area contributed by atoms with E-state index in [4.69, 9.17) is 10.5 Å². The van der Waals surface area contributed by atoms with Gasteiger partial charge in [-0.3, -0.25) is 0 Å². The van der Waals surface area contributed by atoms with E-state index >= 15 is 0 Å². The second-order valence-electron chi connectivity index (χ2n) is 5.94. The van der Waals surface area contributed by atoms with Gasteiger partial charge in [-0.15, -0.1) is 0 Å². The first-order valence-corrected chi connectivity index (χ1v) is 7.36. The number of fused-ring (bicyclic) bond motifs is 1. The van der Waals surface area contributed by atoms with Gasteiger partial charge in [0.2, 0.25) is 0 Å². The molecule has 118 valence electrons. The monoisotopic (exact) mass is 312 g/mol. The second kappa shape index (κ2) is 4.74. The Labute approximate surface area is 132 Å². The first-order chi connectivity index (χ1) is 11.0. The summed E-state index contributed by atoms with van der Waals surface area (Å²) in [5.74, 6) is -2.39. The summed E-state index contributed by atoms with van der Waals surface area (Å²) in [7, 11) is 0. The van der Waals surface area contributed by atoms with Gasteiger partial charge in [0.15, 0.2) is 5.54 Å². The number of aliphatic imine (C=N–C) groups is 1. The molecule has 7 heteroatoms. The van der Waals surface area contributed by atoms with Gasteiger partial charge in [0.1, 0.15) is 6.33 Å². The minimum Gasteiger partial charge on any atom is -0.406 e. The van der Waals surface area contributed by atoms with Crippen LogP contribution < -0.4 is 5.73 Å². The molecule has 4 rings (SSSR count). The average Bonchev–Trinajstić information content (AvgIpc) is 2.75. The SMILES string of the molecule is NC1=NC2(CCc3cccc(-c4cncnc4)c3C2)C(O)(O)O1. The van der Waals surface area contributed by atoms with E-state index in [-0.39, 0.29) is 6.02 Å². The van der Waals surface area contributed by atoms with Crippen LogP contribution in [0.25, 0.3) is 11.1 Å². The number of rotatable bonds is 1. The normalized spacial score (nSPS) is 24.9. The molecule has 2 aliphatic rings. The fraction of sp³-hybridized carbons (Fsp3) is 0.312. The van der Waals surface area contributed by atoms with Crippen LogP contribution in [0.5, 0.6) is 0 Å². The predicted octanol–water partition coefficient (Wildman–Crippen LogP) is 0.354. The van der Waals surface area contributed by atoms with E-state index in [1.54, 1.807) is 12.4 Å². The van der Waals surface area contributed by atoms with Crippen LogP contribution in [0.2, 0.25) is 0 Å². The van der Waals surface area contributed by atoms with E-state index in [1.807, 2.05) is 18.2 Å². The molecule has 1 atom stereocenters. The summed E-state index contributed by atoms with van der Waals surface area (Å²) >= 11 is 0. The van der Waals surface area contributed by atoms with E-state index < -0.39 is 11.5 Å². The Bertz CT molecular complexity index is 791. The number of nitrogens with zero attached hydrogens (tertiary/aromatic N) is 3. The molecule has 4 N–H and O–H groups in total. The minimum atomic E-state index is -2.39. The summed E-state index contributed by atoms with van der Waals surface area (Å²) in [6.45, 7) is 0. The number of amidine groups is 1. The largest absolute Gasteiger partial charge is 0.406 e. The molecule has 1 aromatic heterocycles. The van der Waals surface area contributed by atoms with Gasteiger partial charge in [-0.05, 0) is 29.5 Å². The van der Waals surface area contributed by atoms with Crippen LogP contribution in [0.1, 0.15) is 17.5 Å². The van der Waals surface area contributed by atoms with Crippen molar-refractivity contribution in [1.82, 2.24) is 9.97 Å². The summed E-state index contributed by atoms with van der Waals surface area (Å²) in [5, 5.41) is 20.5. The fourth-order valence-electron chi connectivity index (χ4n) is 3.43. The van der Waals surface area contributed by atoms with E-state index in [2.05, 4.69) is 15.0 Å². The zero-order valence-corrected chi connectivity index (χ0v) is 12.3. The van der Waals surface area contributed by atoms with E-state index in [0.717, 1.165) is 22.3 Å². The van der Waals surface area contributed by atoms with Crippen molar-refractivity contribution >= 4 is 6.02 Å². The standard InChI is InChI=1S/C16H16N4O3/c17-14-20-15(16(21,22)23-14)5-4-10-2-1-3-12(13(10)6-15)11-7-18-9-19-8-11/h1-3,7-9,21-22H,4-6H2,(H2,17,20). The van der Waals surface area contributed by atoms with Crippen LogP contribution in [0, 0.1) is 0 Å². The third-order valence-corrected chi connectivity index (χ3v) is 4.60. The van der Waals surface area contributed by atoms with Crippen molar-refractivity contribution in [3.05, 3.63) is 48.0 Å². The Hall–Kier alpha value is -2.51. The minimum absolute atomic E-state index is 0.195. The predicted molar refractivity (Wildman–Crippen MR) is 82.1 cm³/mol. The number of aliphatic hydroxyl groups is 2. The molecule has 0 amide bonds. The molecule has 0 fully saturated rings. The smallest absolute Gasteiger partial charge is 0.351 e. The average molecular weight is 312 g/mol. The van der Waals surface area contributed by atoms with Crippen LogP contribution in [0.3, 0.4) is 0 Å². The lowest BCUT2D eigenvalue weighted by Crippen LogP contribution is -2.54. The number of hydrogen-bond acceptors (Lipinski definition) is 7. The van der Waals surface area contributed by atoms with Gasteiger partial charge in [-0.25, -0.2) is 15.0 Å². The maximum atomic E-state index is 10.2. The Morgan fingerprint density at radius 2 is 1.96 bits per heavy atom. The lowest BCUT2D eigenvalue weighted by atomic mass is 9.74. The maximum Gasteiger partial charge on any atom is 0.351 e. The van der Waals surface area contributed by atoms with Gasteiger partial charge in [0.25, 0.3) is 6.02 Å². The lowest BCUT2D eigenvalue weighted by Gasteiger charge is -2.38. The molecule has 23 heavy (non-hydrogen) atoms. The highest BCUT2D eigenvalue weighted by Gasteiger charge is 2.58. The number of nitrogens with two attached hydrogens (primary N) is 1. The van der Waals surface area contributed by atoms with Gasteiger partial charge in [-0.1, -0.05) is 18.2 Å². The topological polar surface area (TPSA) is 114 Å². The lowest BCUT2D eigenvalue weighted by molar-refractivity contribution is -0.326. The number of hydrogen-bond donors (Lipinski definition) is 3. The second-order valence-corrected chi connectivity index (χ2v) is 5.94. The molecule has 1 unspecified atom stereocenters. The molecule has 1 aliphatic heterocycles. The summed E-state index contributed by atoms with van der Waals surface area (Å²) in [5.41, 5.74) is 8.35. The molecule has 0 bridgehead atoms. The van der Waals surface area contributed by atoms with Crippen LogP contribution >= 0.6 is 0 Å². The first kappa shape index (κ1) is 14.1. The third kappa shape index (κ3) is 2.08. The molecule has 0 saturated carbocycles. The Kier molecular flexibility index (Phi) is 2.91. The summed E-state index contributed by atoms with van der Waals surface area (Å²) in [6, 6.07) is 5.79. The highest BCUT2D eigenvalue weighted by atomic mass is 16.8. The number of aryl methyl sites for hydroxylation is 1. The Balaban J connectivity index is 1.84. The van der Waals surface area contributed by atoms with Crippen molar-refractivity contribution in [2.45, 2.75) is 30.8 Å². The zero-order chi connectivity index (χ0) is 16.1. The van der Waals surface area contributed by atoms with Gasteiger partial charge >= 0.3 is 5.97 Å². The van der Waals surface area contributed by atoms with E-state index in [9.17, 15) is 10.2 Å². The van der Waals surface area contributed by atoms with Crippen molar-refractivity contribution in [3.63, 3.8) is 0 Å². The summed E-state index contributed by atoms with van der Waals surface area (Å²) in [6.07, 6.45) is 6.36. The van der Waals surface area contributed by atoms with Crippen molar-refractivity contribution in [2.24, 2.45) is 10.7 Å². The van der Waals surface area contributed by atoms with Crippen molar-refractivity contribution in [2.75, 3.05) is 0 Å². The highest BCUT2D eigenvalue weighted by Crippen LogP contribution is 2.44. The number of benzene rings is 1. The zero-order valence-electron chi connectivity index (χ0n) is 12.3. The molecule has 1 aromatic carbocycles. The first-order valence-electron chi connectivity index (χ1n) is 7.36. The van der Waals surface area contributed by atoms with Gasteiger partial charge < -0.3 is 20.7 Å². The maximum absolute atomic E-state index is 10.2. The molecule has 7 nitrogen and oxygen atoms in total. The van der Waals surface area contributed by atoms with Crippen LogP contribution in [-0.4, -0.2) is 37.7 Å². The number of ether oxygens (including phenoxy) is 1. The van der Waals surface area contributed by atoms with Gasteiger partial charge in [0.05, 0.1) is 0 Å². The van der Waals surface area contributed by atoms with Crippen molar-refractivity contribution in [3.8, 4) is 11.1 Å². The van der Waals surface area contributed by atoms with Crippen molar-refractivity contribution < 1.29 is 14.9 Å². The van der Waals surface area contributed by atoms with E-state index in [1.165, 1.54) is 6.33 Å². The molecular weight excluding hydrogens is 296 g/mol. The number of aromatic nitrogens is 2. The molecule has 2 aromatic rings. The Morgan fingerprint density at radius 3 is 2.65 bits per heavy atom. The third-order valence-electron chi connectivity index (χ3n) is 4.60. The summed E-state index contributed by atoms with van der Waals surface area (Å²) in [4.78, 5) is 12.3. The fourth-order valence-corrected chi connectivity index (χ4v) is 3.43. The molecular formula is C16H16N4O3. The molecule has 1 aliphatic carbocycles. The Morgan fingerprint density at radius 1 is 1.17 bits per heavy atom. The van der Waals surface area contributed by atoms with Crippen molar-refractivity contribution in [1.29, 1.82) is 0 Å². The molecule has 0 saturated heterocycles. The van der Waals surface area contributed by atoms with Gasteiger partial charge in [0, 0.05) is 24.4 Å². The van der Waals surface area contributed by atoms with Crippen LogP contribution in [-0.2, 0) is 17.6 Å². The highest BCUT2D eigenvalue weighted by molar-refractivity contribution is 5.75.